The van der Waals surface area contributed by atoms with E-state index in [1.807, 2.05) is 19.1 Å². The number of fused-ring (bicyclic) bond motifs is 1. The van der Waals surface area contributed by atoms with Crippen LogP contribution in [0.25, 0.3) is 0 Å². The molecule has 0 heterocycles. The van der Waals surface area contributed by atoms with Crippen molar-refractivity contribution in [2.24, 2.45) is 0 Å². The van der Waals surface area contributed by atoms with Crippen LogP contribution in [-0.4, -0.2) is 11.2 Å². The minimum absolute atomic E-state index is 0.462. The monoisotopic (exact) mass is 374 g/mol. The van der Waals surface area contributed by atoms with Gasteiger partial charge < -0.3 is 5.11 Å². The highest BCUT2D eigenvalue weighted by molar-refractivity contribution is 5.53. The largest absolute Gasteiger partial charge is 0.388 e. The van der Waals surface area contributed by atoms with Crippen molar-refractivity contribution in [3.8, 4) is 0 Å². The normalized spacial score (nSPS) is 21.5. The molecule has 0 amide bonds. The first-order valence-electron chi connectivity index (χ1n) is 10.7. The summed E-state index contributed by atoms with van der Waals surface area (Å²) in [6, 6.07) is 6.79. The number of benzene rings is 1. The van der Waals surface area contributed by atoms with Gasteiger partial charge in [-0.15, -0.1) is 0 Å². The highest BCUT2D eigenvalue weighted by Crippen LogP contribution is 2.32. The third-order valence-corrected chi connectivity index (χ3v) is 6.23. The summed E-state index contributed by atoms with van der Waals surface area (Å²) in [5.41, 5.74) is 8.90. The maximum atomic E-state index is 10.7. The third kappa shape index (κ3) is 4.83. The van der Waals surface area contributed by atoms with Crippen LogP contribution in [0.4, 0.5) is 0 Å². The van der Waals surface area contributed by atoms with Crippen LogP contribution in [0, 0.1) is 0 Å². The molecule has 28 heavy (non-hydrogen) atoms. The number of hydrogen-bond donors (Lipinski definition) is 1. The average Bonchev–Trinajstić information content (AvgIpc) is 2.70. The summed E-state index contributed by atoms with van der Waals surface area (Å²) >= 11 is 0. The lowest BCUT2D eigenvalue weighted by Gasteiger charge is -2.23. The Hall–Kier alpha value is -2.12. The molecule has 0 spiro atoms. The lowest BCUT2D eigenvalue weighted by atomic mass is 9.82. The molecule has 0 saturated carbocycles. The third-order valence-electron chi connectivity index (χ3n) is 6.23. The summed E-state index contributed by atoms with van der Waals surface area (Å²) in [4.78, 5) is 0. The van der Waals surface area contributed by atoms with E-state index in [9.17, 15) is 5.11 Å². The van der Waals surface area contributed by atoms with Crippen molar-refractivity contribution < 1.29 is 5.11 Å². The zero-order valence-electron chi connectivity index (χ0n) is 17.7. The van der Waals surface area contributed by atoms with Crippen molar-refractivity contribution >= 4 is 0 Å². The average molecular weight is 375 g/mol. The van der Waals surface area contributed by atoms with E-state index < -0.39 is 6.10 Å². The van der Waals surface area contributed by atoms with Crippen LogP contribution in [0.5, 0.6) is 0 Å². The Morgan fingerprint density at radius 2 is 2.04 bits per heavy atom. The van der Waals surface area contributed by atoms with Crippen LogP contribution in [0.2, 0.25) is 0 Å². The van der Waals surface area contributed by atoms with Gasteiger partial charge in [-0.1, -0.05) is 62.1 Å². The van der Waals surface area contributed by atoms with Crippen LogP contribution in [0.3, 0.4) is 0 Å². The van der Waals surface area contributed by atoms with E-state index in [0.29, 0.717) is 12.3 Å². The molecule has 148 valence electrons. The van der Waals surface area contributed by atoms with Gasteiger partial charge in [0, 0.05) is 6.42 Å². The Labute approximate surface area is 170 Å². The molecule has 1 nitrogen and oxygen atoms in total. The van der Waals surface area contributed by atoms with E-state index in [-0.39, 0.29) is 0 Å². The number of hydrogen-bond acceptors (Lipinski definition) is 1. The van der Waals surface area contributed by atoms with E-state index in [1.54, 1.807) is 0 Å². The molecule has 0 radical (unpaired) electrons. The first-order chi connectivity index (χ1) is 13.5. The molecule has 0 saturated heterocycles. The van der Waals surface area contributed by atoms with Crippen molar-refractivity contribution in [2.75, 3.05) is 0 Å². The van der Waals surface area contributed by atoms with E-state index >= 15 is 0 Å². The molecule has 1 aromatic carbocycles. The second-order valence-corrected chi connectivity index (χ2v) is 8.37. The lowest BCUT2D eigenvalue weighted by molar-refractivity contribution is 0.211. The second-order valence-electron chi connectivity index (χ2n) is 8.37. The lowest BCUT2D eigenvalue weighted by Crippen LogP contribution is -2.13. The van der Waals surface area contributed by atoms with Crippen LogP contribution < -0.4 is 0 Å². The topological polar surface area (TPSA) is 20.2 Å². The molecule has 3 rings (SSSR count). The highest BCUT2D eigenvalue weighted by Gasteiger charge is 2.17. The van der Waals surface area contributed by atoms with Crippen LogP contribution in [-0.2, 0) is 12.8 Å². The number of aryl methyl sites for hydroxylation is 1. The molecule has 2 aliphatic carbocycles. The summed E-state index contributed by atoms with van der Waals surface area (Å²) in [6.45, 7) is 10.5. The van der Waals surface area contributed by atoms with Crippen molar-refractivity contribution in [2.45, 2.75) is 71.3 Å². The van der Waals surface area contributed by atoms with E-state index in [0.717, 1.165) is 24.0 Å². The maximum Gasteiger partial charge on any atom is 0.0790 e. The minimum atomic E-state index is -0.462. The first-order valence-corrected chi connectivity index (χ1v) is 10.7. The molecule has 0 bridgehead atoms. The molecule has 0 aromatic heterocycles. The fourth-order valence-electron chi connectivity index (χ4n) is 4.34. The molecule has 1 heteroatoms. The maximum absolute atomic E-state index is 10.7. The van der Waals surface area contributed by atoms with Gasteiger partial charge in [-0.25, -0.2) is 0 Å². The van der Waals surface area contributed by atoms with Crippen molar-refractivity contribution in [3.05, 3.63) is 94.1 Å². The summed E-state index contributed by atoms with van der Waals surface area (Å²) in [7, 11) is 0. The van der Waals surface area contributed by atoms with Crippen molar-refractivity contribution in [1.29, 1.82) is 0 Å². The van der Waals surface area contributed by atoms with Crippen LogP contribution in [0.1, 0.15) is 69.1 Å². The van der Waals surface area contributed by atoms with E-state index in [2.05, 4.69) is 56.9 Å². The molecular weight excluding hydrogens is 340 g/mol. The van der Waals surface area contributed by atoms with Gasteiger partial charge >= 0.3 is 0 Å². The van der Waals surface area contributed by atoms with Gasteiger partial charge in [0.05, 0.1) is 6.10 Å². The molecule has 2 aliphatic rings. The Morgan fingerprint density at radius 3 is 2.79 bits per heavy atom. The molecule has 2 atom stereocenters. The minimum Gasteiger partial charge on any atom is -0.388 e. The molecule has 0 fully saturated rings. The summed E-state index contributed by atoms with van der Waals surface area (Å²) in [5.74, 6) is 0.635. The molecule has 1 aromatic rings. The summed E-state index contributed by atoms with van der Waals surface area (Å²) in [5, 5.41) is 10.7. The zero-order valence-corrected chi connectivity index (χ0v) is 17.7. The van der Waals surface area contributed by atoms with Gasteiger partial charge in [-0.3, -0.25) is 0 Å². The van der Waals surface area contributed by atoms with Gasteiger partial charge in [-0.05, 0) is 90.9 Å². The summed E-state index contributed by atoms with van der Waals surface area (Å²) in [6.07, 6.45) is 16.8. The van der Waals surface area contributed by atoms with Crippen LogP contribution in [0.15, 0.2) is 77.5 Å². The number of rotatable bonds is 6. The van der Waals surface area contributed by atoms with Gasteiger partial charge in [0.15, 0.2) is 0 Å². The van der Waals surface area contributed by atoms with Gasteiger partial charge in [0.2, 0.25) is 0 Å². The Balaban J connectivity index is 1.72. The Bertz CT molecular complexity index is 847. The zero-order chi connectivity index (χ0) is 20.1. The number of aliphatic hydroxyl groups excluding tert-OH is 1. The Kier molecular flexibility index (Phi) is 6.91. The summed E-state index contributed by atoms with van der Waals surface area (Å²) < 4.78 is 0. The Morgan fingerprint density at radius 1 is 1.25 bits per heavy atom. The predicted molar refractivity (Wildman–Crippen MR) is 121 cm³/mol. The van der Waals surface area contributed by atoms with Gasteiger partial charge in [0.25, 0.3) is 0 Å². The van der Waals surface area contributed by atoms with E-state index in [4.69, 9.17) is 0 Å². The predicted octanol–water partition coefficient (Wildman–Crippen LogP) is 6.76. The van der Waals surface area contributed by atoms with Crippen molar-refractivity contribution in [1.82, 2.24) is 0 Å². The standard InChI is InChI=1S/C27H34O/c1-5-23(25-12-7-6-9-19(25)2)15-13-21(4)27(28)18-22-14-16-24-11-8-10-20(3)26(24)17-22/h5,9,12-17,20,27-28H,1,6-8,10-11,18H2,2-4H3/b21-13+,23-15+. The quantitative estimate of drug-likeness (QED) is 0.546. The smallest absolute Gasteiger partial charge is 0.0790 e. The molecule has 1 N–H and O–H groups in total. The fraction of sp³-hybridized carbons (Fsp3) is 0.407. The number of allylic oxidation sites excluding steroid dienone is 8. The van der Waals surface area contributed by atoms with Gasteiger partial charge in [0.1, 0.15) is 0 Å². The molecule has 2 unspecified atom stereocenters. The van der Waals surface area contributed by atoms with Crippen LogP contribution >= 0.6 is 0 Å². The second kappa shape index (κ2) is 9.39. The molecular formula is C27H34O. The highest BCUT2D eigenvalue weighted by atomic mass is 16.3. The van der Waals surface area contributed by atoms with Crippen molar-refractivity contribution in [3.63, 3.8) is 0 Å². The van der Waals surface area contributed by atoms with Gasteiger partial charge in [-0.2, -0.15) is 0 Å². The SMILES string of the molecule is C=C/C(=C\C=C(/C)C(O)Cc1ccc2c(c1)C(C)CCC2)C1=CCCC=C1C. The first kappa shape index (κ1) is 20.6. The van der Waals surface area contributed by atoms with E-state index in [1.165, 1.54) is 47.1 Å². The number of aliphatic hydroxyl groups is 1. The fourth-order valence-corrected chi connectivity index (χ4v) is 4.34. The molecule has 0 aliphatic heterocycles.